The number of amidine groups is 1. The van der Waals surface area contributed by atoms with Gasteiger partial charge >= 0.3 is 0 Å². The zero-order valence-electron chi connectivity index (χ0n) is 13.0. The van der Waals surface area contributed by atoms with Gasteiger partial charge < -0.3 is 5.32 Å². The SMILES string of the molecule is CSCC(=O)Nc1ccc(S(=O)(=O)NC2=NCCCCC2)cc1. The van der Waals surface area contributed by atoms with Crippen molar-refractivity contribution in [3.63, 3.8) is 0 Å². The molecule has 8 heteroatoms. The maximum absolute atomic E-state index is 12.4. The van der Waals surface area contributed by atoms with E-state index in [1.807, 2.05) is 6.26 Å². The van der Waals surface area contributed by atoms with Crippen molar-refractivity contribution in [3.8, 4) is 0 Å². The molecule has 1 aromatic carbocycles. The van der Waals surface area contributed by atoms with Crippen molar-refractivity contribution in [2.45, 2.75) is 30.6 Å². The Bertz CT molecular complexity index is 670. The van der Waals surface area contributed by atoms with Crippen LogP contribution in [-0.4, -0.2) is 38.7 Å². The number of aliphatic imine (C=N–C) groups is 1. The molecule has 1 aliphatic rings. The van der Waals surface area contributed by atoms with Crippen LogP contribution in [0.2, 0.25) is 0 Å². The molecule has 2 rings (SSSR count). The topological polar surface area (TPSA) is 87.6 Å². The number of nitrogens with one attached hydrogen (secondary N) is 2. The molecule has 1 aromatic rings. The molecule has 6 nitrogen and oxygen atoms in total. The van der Waals surface area contributed by atoms with Crippen LogP contribution in [0.25, 0.3) is 0 Å². The Morgan fingerprint density at radius 1 is 1.22 bits per heavy atom. The summed E-state index contributed by atoms with van der Waals surface area (Å²) < 4.78 is 27.3. The number of rotatable bonds is 5. The summed E-state index contributed by atoms with van der Waals surface area (Å²) in [5, 5.41) is 2.71. The maximum Gasteiger partial charge on any atom is 0.262 e. The first kappa shape index (κ1) is 17.8. The molecule has 0 aliphatic carbocycles. The van der Waals surface area contributed by atoms with E-state index in [1.165, 1.54) is 23.9 Å². The van der Waals surface area contributed by atoms with E-state index in [1.54, 1.807) is 12.1 Å². The summed E-state index contributed by atoms with van der Waals surface area (Å²) in [6.45, 7) is 0.665. The minimum absolute atomic E-state index is 0.112. The number of anilines is 1. The predicted molar refractivity (Wildman–Crippen MR) is 94.5 cm³/mol. The summed E-state index contributed by atoms with van der Waals surface area (Å²) in [4.78, 5) is 15.9. The van der Waals surface area contributed by atoms with Gasteiger partial charge in [0.25, 0.3) is 10.0 Å². The van der Waals surface area contributed by atoms with Gasteiger partial charge in [-0.25, -0.2) is 8.42 Å². The molecular weight excluding hydrogens is 334 g/mol. The van der Waals surface area contributed by atoms with E-state index < -0.39 is 10.0 Å². The van der Waals surface area contributed by atoms with Gasteiger partial charge in [-0.3, -0.25) is 14.5 Å². The summed E-state index contributed by atoms with van der Waals surface area (Å²) in [5.41, 5.74) is 0.579. The van der Waals surface area contributed by atoms with Crippen molar-refractivity contribution in [1.29, 1.82) is 0 Å². The zero-order valence-corrected chi connectivity index (χ0v) is 14.7. The highest BCUT2D eigenvalue weighted by Crippen LogP contribution is 2.15. The summed E-state index contributed by atoms with van der Waals surface area (Å²) in [7, 11) is -3.63. The molecule has 0 spiro atoms. The van der Waals surface area contributed by atoms with Crippen molar-refractivity contribution < 1.29 is 13.2 Å². The number of hydrogen-bond acceptors (Lipinski definition) is 5. The van der Waals surface area contributed by atoms with Crippen molar-refractivity contribution in [1.82, 2.24) is 4.72 Å². The second kappa shape index (κ2) is 8.35. The third kappa shape index (κ3) is 5.54. The number of nitrogens with zero attached hydrogens (tertiary/aromatic N) is 1. The van der Waals surface area contributed by atoms with Crippen LogP contribution in [0.3, 0.4) is 0 Å². The summed E-state index contributed by atoms with van der Waals surface area (Å²) in [5.74, 6) is 0.778. The van der Waals surface area contributed by atoms with Crippen LogP contribution in [0.5, 0.6) is 0 Å². The van der Waals surface area contributed by atoms with E-state index in [4.69, 9.17) is 0 Å². The number of carbonyl (C=O) groups is 1. The lowest BCUT2D eigenvalue weighted by molar-refractivity contribution is -0.113. The first-order chi connectivity index (χ1) is 11.0. The fourth-order valence-electron chi connectivity index (χ4n) is 2.22. The van der Waals surface area contributed by atoms with Crippen molar-refractivity contribution in [3.05, 3.63) is 24.3 Å². The van der Waals surface area contributed by atoms with E-state index in [9.17, 15) is 13.2 Å². The monoisotopic (exact) mass is 355 g/mol. The molecule has 0 saturated carbocycles. The molecule has 1 aliphatic heterocycles. The third-order valence-electron chi connectivity index (χ3n) is 3.35. The number of sulfonamides is 1. The van der Waals surface area contributed by atoms with Crippen molar-refractivity contribution in [2.75, 3.05) is 23.9 Å². The molecule has 0 unspecified atom stereocenters. The van der Waals surface area contributed by atoms with Gasteiger partial charge in [-0.15, -0.1) is 0 Å². The van der Waals surface area contributed by atoms with Gasteiger partial charge in [0.15, 0.2) is 0 Å². The maximum atomic E-state index is 12.4. The Kier molecular flexibility index (Phi) is 6.47. The Hall–Kier alpha value is -1.54. The molecule has 1 heterocycles. The molecule has 0 aromatic heterocycles. The smallest absolute Gasteiger partial charge is 0.262 e. The molecule has 2 N–H and O–H groups in total. The fourth-order valence-corrected chi connectivity index (χ4v) is 3.64. The first-order valence-corrected chi connectivity index (χ1v) is 10.3. The van der Waals surface area contributed by atoms with Crippen LogP contribution >= 0.6 is 11.8 Å². The van der Waals surface area contributed by atoms with Gasteiger partial charge in [0.2, 0.25) is 5.91 Å². The summed E-state index contributed by atoms with van der Waals surface area (Å²) >= 11 is 1.43. The molecule has 1 amide bonds. The minimum atomic E-state index is -3.63. The lowest BCUT2D eigenvalue weighted by atomic mass is 10.2. The third-order valence-corrected chi connectivity index (χ3v) is 5.30. The highest BCUT2D eigenvalue weighted by molar-refractivity contribution is 7.99. The van der Waals surface area contributed by atoms with Crippen LogP contribution in [0.4, 0.5) is 5.69 Å². The molecule has 0 atom stereocenters. The highest BCUT2D eigenvalue weighted by Gasteiger charge is 2.17. The van der Waals surface area contributed by atoms with Crippen LogP contribution in [-0.2, 0) is 14.8 Å². The van der Waals surface area contributed by atoms with E-state index in [2.05, 4.69) is 15.0 Å². The Balaban J connectivity index is 2.05. The number of thioether (sulfide) groups is 1. The first-order valence-electron chi connectivity index (χ1n) is 7.46. The van der Waals surface area contributed by atoms with Gasteiger partial charge in [-0.2, -0.15) is 11.8 Å². The Morgan fingerprint density at radius 3 is 2.65 bits per heavy atom. The molecule has 0 fully saturated rings. The number of hydrogen-bond donors (Lipinski definition) is 2. The standard InChI is InChI=1S/C15H21N3O3S2/c1-22-11-15(19)17-12-6-8-13(9-7-12)23(20,21)18-14-5-3-2-4-10-16-14/h6-9H,2-5,10-11H2,1H3,(H,16,18)(H,17,19). The lowest BCUT2D eigenvalue weighted by Gasteiger charge is -2.10. The van der Waals surface area contributed by atoms with Crippen LogP contribution < -0.4 is 10.0 Å². The normalized spacial score (nSPS) is 15.4. The minimum Gasteiger partial charge on any atom is -0.325 e. The number of benzene rings is 1. The number of amides is 1. The largest absolute Gasteiger partial charge is 0.325 e. The van der Waals surface area contributed by atoms with Gasteiger partial charge in [0.05, 0.1) is 10.6 Å². The van der Waals surface area contributed by atoms with Crippen molar-refractivity contribution >= 4 is 39.2 Å². The van der Waals surface area contributed by atoms with Gasteiger partial charge in [-0.1, -0.05) is 6.42 Å². The van der Waals surface area contributed by atoms with E-state index in [0.717, 1.165) is 19.3 Å². The molecule has 0 bridgehead atoms. The van der Waals surface area contributed by atoms with Crippen LogP contribution in [0, 0.1) is 0 Å². The Labute approximate surface area is 141 Å². The van der Waals surface area contributed by atoms with Gasteiger partial charge in [-0.05, 0) is 43.4 Å². The molecule has 0 saturated heterocycles. The van der Waals surface area contributed by atoms with Crippen LogP contribution in [0.1, 0.15) is 25.7 Å². The van der Waals surface area contributed by atoms with E-state index in [0.29, 0.717) is 30.2 Å². The van der Waals surface area contributed by atoms with E-state index in [-0.39, 0.29) is 10.8 Å². The molecule has 126 valence electrons. The van der Waals surface area contributed by atoms with Crippen molar-refractivity contribution in [2.24, 2.45) is 4.99 Å². The van der Waals surface area contributed by atoms with Gasteiger partial charge in [0.1, 0.15) is 5.84 Å². The average Bonchev–Trinajstić information content (AvgIpc) is 2.76. The van der Waals surface area contributed by atoms with Gasteiger partial charge in [0, 0.05) is 18.7 Å². The highest BCUT2D eigenvalue weighted by atomic mass is 32.2. The second-order valence-electron chi connectivity index (χ2n) is 5.25. The number of carbonyl (C=O) groups excluding carboxylic acids is 1. The molecule has 0 radical (unpaired) electrons. The fraction of sp³-hybridized carbons (Fsp3) is 0.467. The second-order valence-corrected chi connectivity index (χ2v) is 7.80. The average molecular weight is 355 g/mol. The Morgan fingerprint density at radius 2 is 1.96 bits per heavy atom. The quantitative estimate of drug-likeness (QED) is 0.848. The lowest BCUT2D eigenvalue weighted by Crippen LogP contribution is -2.30. The molecular formula is C15H21N3O3S2. The molecule has 23 heavy (non-hydrogen) atoms. The summed E-state index contributed by atoms with van der Waals surface area (Å²) in [6, 6.07) is 6.13. The zero-order chi connectivity index (χ0) is 16.7. The van der Waals surface area contributed by atoms with E-state index >= 15 is 0 Å². The summed E-state index contributed by atoms with van der Waals surface area (Å²) in [6.07, 6.45) is 5.51. The predicted octanol–water partition coefficient (Wildman–Crippen LogP) is 2.24. The van der Waals surface area contributed by atoms with Crippen LogP contribution in [0.15, 0.2) is 34.2 Å².